The maximum Gasteiger partial charge on any atom is 0.166 e. The second-order valence-electron chi connectivity index (χ2n) is 4.57. The molecule has 3 rings (SSSR count). The van der Waals surface area contributed by atoms with Crippen molar-refractivity contribution >= 4 is 22.8 Å². The van der Waals surface area contributed by atoms with Gasteiger partial charge in [-0.05, 0) is 36.8 Å². The van der Waals surface area contributed by atoms with Gasteiger partial charge in [0, 0.05) is 11.8 Å². The Kier molecular flexibility index (Phi) is 4.10. The van der Waals surface area contributed by atoms with Crippen molar-refractivity contribution in [2.24, 2.45) is 0 Å². The lowest BCUT2D eigenvalue weighted by atomic mass is 10.2. The highest BCUT2D eigenvalue weighted by molar-refractivity contribution is 7.98. The predicted octanol–water partition coefficient (Wildman–Crippen LogP) is 4.39. The first-order chi connectivity index (χ1) is 10.2. The van der Waals surface area contributed by atoms with Gasteiger partial charge in [-0.3, -0.25) is 0 Å². The zero-order chi connectivity index (χ0) is 14.7. The number of aromatic amines is 1. The van der Waals surface area contributed by atoms with Gasteiger partial charge in [-0.2, -0.15) is 0 Å². The first-order valence-corrected chi connectivity index (χ1v) is 7.73. The fourth-order valence-corrected chi connectivity index (χ4v) is 2.86. The van der Waals surface area contributed by atoms with Crippen LogP contribution >= 0.6 is 11.8 Å². The number of halogens is 1. The summed E-state index contributed by atoms with van der Waals surface area (Å²) in [4.78, 5) is 7.80. The van der Waals surface area contributed by atoms with E-state index >= 15 is 0 Å². The fourth-order valence-electron chi connectivity index (χ4n) is 2.02. The van der Waals surface area contributed by atoms with Crippen LogP contribution in [-0.2, 0) is 5.75 Å². The Hall–Kier alpha value is -2.01. The molecule has 108 valence electrons. The smallest absolute Gasteiger partial charge is 0.166 e. The molecule has 3 aromatic rings. The van der Waals surface area contributed by atoms with E-state index in [1.807, 2.05) is 25.1 Å². The van der Waals surface area contributed by atoms with Crippen molar-refractivity contribution in [3.8, 4) is 5.75 Å². The standard InChI is InChI=1S/C16H15FN2OS/c1-2-20-13-7-8-14-15(9-13)19-16(18-14)21-10-11-3-5-12(17)6-4-11/h3-9H,2,10H2,1H3,(H,18,19). The molecular weight excluding hydrogens is 287 g/mol. The van der Waals surface area contributed by atoms with Gasteiger partial charge in [0.2, 0.25) is 0 Å². The molecule has 0 unspecified atom stereocenters. The van der Waals surface area contributed by atoms with Gasteiger partial charge in [-0.1, -0.05) is 23.9 Å². The lowest BCUT2D eigenvalue weighted by Crippen LogP contribution is -1.90. The van der Waals surface area contributed by atoms with Crippen LogP contribution in [-0.4, -0.2) is 16.6 Å². The molecule has 0 aliphatic rings. The minimum absolute atomic E-state index is 0.212. The Morgan fingerprint density at radius 3 is 2.76 bits per heavy atom. The number of ether oxygens (including phenoxy) is 1. The maximum absolute atomic E-state index is 12.9. The van der Waals surface area contributed by atoms with Crippen molar-refractivity contribution in [2.45, 2.75) is 17.8 Å². The van der Waals surface area contributed by atoms with E-state index in [0.717, 1.165) is 33.3 Å². The highest BCUT2D eigenvalue weighted by atomic mass is 32.2. The number of rotatable bonds is 5. The van der Waals surface area contributed by atoms with Crippen LogP contribution in [0.5, 0.6) is 5.75 Å². The minimum Gasteiger partial charge on any atom is -0.494 e. The van der Waals surface area contributed by atoms with E-state index in [0.29, 0.717) is 6.61 Å². The van der Waals surface area contributed by atoms with Gasteiger partial charge in [-0.15, -0.1) is 0 Å². The maximum atomic E-state index is 12.9. The van der Waals surface area contributed by atoms with E-state index in [4.69, 9.17) is 4.74 Å². The van der Waals surface area contributed by atoms with Crippen LogP contribution < -0.4 is 4.74 Å². The number of nitrogens with zero attached hydrogens (tertiary/aromatic N) is 1. The largest absolute Gasteiger partial charge is 0.494 e. The molecule has 0 amide bonds. The molecule has 0 saturated carbocycles. The van der Waals surface area contributed by atoms with E-state index in [1.54, 1.807) is 23.9 Å². The number of hydrogen-bond donors (Lipinski definition) is 1. The van der Waals surface area contributed by atoms with Crippen molar-refractivity contribution in [1.29, 1.82) is 0 Å². The van der Waals surface area contributed by atoms with Crippen molar-refractivity contribution in [3.05, 3.63) is 53.8 Å². The number of thioether (sulfide) groups is 1. The Labute approximate surface area is 126 Å². The molecule has 0 saturated heterocycles. The second-order valence-corrected chi connectivity index (χ2v) is 5.53. The summed E-state index contributed by atoms with van der Waals surface area (Å²) in [6.07, 6.45) is 0. The van der Waals surface area contributed by atoms with Crippen LogP contribution in [0.25, 0.3) is 11.0 Å². The normalized spacial score (nSPS) is 11.0. The first kappa shape index (κ1) is 13.9. The number of fused-ring (bicyclic) bond motifs is 1. The molecule has 0 bridgehead atoms. The van der Waals surface area contributed by atoms with E-state index < -0.39 is 0 Å². The van der Waals surface area contributed by atoms with Crippen LogP contribution in [0.1, 0.15) is 12.5 Å². The van der Waals surface area contributed by atoms with E-state index in [1.165, 1.54) is 12.1 Å². The van der Waals surface area contributed by atoms with Crippen LogP contribution in [0.2, 0.25) is 0 Å². The molecule has 5 heteroatoms. The molecule has 0 fully saturated rings. The fraction of sp³-hybridized carbons (Fsp3) is 0.188. The molecule has 0 spiro atoms. The first-order valence-electron chi connectivity index (χ1n) is 6.74. The highest BCUT2D eigenvalue weighted by Crippen LogP contribution is 2.25. The van der Waals surface area contributed by atoms with Gasteiger partial charge in [0.25, 0.3) is 0 Å². The van der Waals surface area contributed by atoms with E-state index in [9.17, 15) is 4.39 Å². The topological polar surface area (TPSA) is 37.9 Å². The predicted molar refractivity (Wildman–Crippen MR) is 83.2 cm³/mol. The van der Waals surface area contributed by atoms with Gasteiger partial charge < -0.3 is 9.72 Å². The Morgan fingerprint density at radius 1 is 1.19 bits per heavy atom. The van der Waals surface area contributed by atoms with Crippen molar-refractivity contribution < 1.29 is 9.13 Å². The van der Waals surface area contributed by atoms with E-state index in [2.05, 4.69) is 9.97 Å². The summed E-state index contributed by atoms with van der Waals surface area (Å²) < 4.78 is 18.3. The monoisotopic (exact) mass is 302 g/mol. The average molecular weight is 302 g/mol. The van der Waals surface area contributed by atoms with Crippen LogP contribution in [0.3, 0.4) is 0 Å². The van der Waals surface area contributed by atoms with Gasteiger partial charge in [-0.25, -0.2) is 9.37 Å². The van der Waals surface area contributed by atoms with Gasteiger partial charge in [0.1, 0.15) is 11.6 Å². The molecule has 0 aliphatic heterocycles. The molecule has 3 nitrogen and oxygen atoms in total. The molecule has 0 aliphatic carbocycles. The van der Waals surface area contributed by atoms with E-state index in [-0.39, 0.29) is 5.82 Å². The molecular formula is C16H15FN2OS. The number of imidazole rings is 1. The molecule has 0 radical (unpaired) electrons. The number of hydrogen-bond acceptors (Lipinski definition) is 3. The van der Waals surface area contributed by atoms with Gasteiger partial charge in [0.15, 0.2) is 5.16 Å². The van der Waals surface area contributed by atoms with Crippen LogP contribution in [0.4, 0.5) is 4.39 Å². The Morgan fingerprint density at radius 2 is 2.00 bits per heavy atom. The summed E-state index contributed by atoms with van der Waals surface area (Å²) in [7, 11) is 0. The Bertz CT molecular complexity index is 740. The van der Waals surface area contributed by atoms with Crippen molar-refractivity contribution in [2.75, 3.05) is 6.61 Å². The quantitative estimate of drug-likeness (QED) is 0.710. The third-order valence-electron chi connectivity index (χ3n) is 3.03. The summed E-state index contributed by atoms with van der Waals surface area (Å²) in [6.45, 7) is 2.60. The zero-order valence-electron chi connectivity index (χ0n) is 11.6. The number of H-pyrrole nitrogens is 1. The molecule has 1 N–H and O–H groups in total. The summed E-state index contributed by atoms with van der Waals surface area (Å²) in [6, 6.07) is 12.3. The summed E-state index contributed by atoms with van der Waals surface area (Å²) in [5.74, 6) is 1.37. The second kappa shape index (κ2) is 6.18. The lowest BCUT2D eigenvalue weighted by Gasteiger charge is -2.00. The molecule has 21 heavy (non-hydrogen) atoms. The molecule has 1 heterocycles. The zero-order valence-corrected chi connectivity index (χ0v) is 12.4. The summed E-state index contributed by atoms with van der Waals surface area (Å²) in [5.41, 5.74) is 2.94. The van der Waals surface area contributed by atoms with Crippen molar-refractivity contribution in [3.63, 3.8) is 0 Å². The van der Waals surface area contributed by atoms with Crippen molar-refractivity contribution in [1.82, 2.24) is 9.97 Å². The molecule has 1 aromatic heterocycles. The van der Waals surface area contributed by atoms with Gasteiger partial charge in [0.05, 0.1) is 17.6 Å². The Balaban J connectivity index is 1.73. The lowest BCUT2D eigenvalue weighted by molar-refractivity contribution is 0.340. The average Bonchev–Trinajstić information content (AvgIpc) is 2.89. The third-order valence-corrected chi connectivity index (χ3v) is 3.98. The summed E-state index contributed by atoms with van der Waals surface area (Å²) in [5, 5.41) is 0.850. The number of nitrogens with one attached hydrogen (secondary N) is 1. The third kappa shape index (κ3) is 3.36. The number of benzene rings is 2. The SMILES string of the molecule is CCOc1ccc2nc(SCc3ccc(F)cc3)[nH]c2c1. The summed E-state index contributed by atoms with van der Waals surface area (Å²) >= 11 is 1.59. The molecule has 0 atom stereocenters. The van der Waals surface area contributed by atoms with Crippen LogP contribution in [0.15, 0.2) is 47.6 Å². The minimum atomic E-state index is -0.212. The number of aromatic nitrogens is 2. The molecule has 2 aromatic carbocycles. The van der Waals surface area contributed by atoms with Crippen LogP contribution in [0, 0.1) is 5.82 Å². The highest BCUT2D eigenvalue weighted by Gasteiger charge is 2.05. The van der Waals surface area contributed by atoms with Gasteiger partial charge >= 0.3 is 0 Å².